The highest BCUT2D eigenvalue weighted by Gasteiger charge is 2.53. The molecule has 2 rings (SSSR count). The van der Waals surface area contributed by atoms with Crippen LogP contribution in [0.15, 0.2) is 18.2 Å². The molecule has 1 aliphatic rings. The lowest BCUT2D eigenvalue weighted by Gasteiger charge is -2.44. The van der Waals surface area contributed by atoms with E-state index in [1.54, 1.807) is 6.07 Å². The van der Waals surface area contributed by atoms with Crippen LogP contribution in [0.5, 0.6) is 0 Å². The first-order valence-corrected chi connectivity index (χ1v) is 5.56. The second kappa shape index (κ2) is 3.74. The molecule has 2 atom stereocenters. The first kappa shape index (κ1) is 11.4. The first-order valence-electron chi connectivity index (χ1n) is 5.18. The number of hydrogen-bond acceptors (Lipinski definition) is 1. The van der Waals surface area contributed by atoms with Crippen molar-refractivity contribution in [1.82, 2.24) is 0 Å². The molecule has 0 aliphatic heterocycles. The van der Waals surface area contributed by atoms with E-state index >= 15 is 0 Å². The van der Waals surface area contributed by atoms with Gasteiger partial charge in [-0.15, -0.1) is 0 Å². The van der Waals surface area contributed by atoms with Crippen LogP contribution < -0.4 is 0 Å². The SMILES string of the molecule is CC1CCC1(C(=O)O)c1cccc(Cl)c1F. The molecule has 0 saturated heterocycles. The minimum atomic E-state index is -1.09. The van der Waals surface area contributed by atoms with Crippen molar-refractivity contribution in [3.05, 3.63) is 34.6 Å². The van der Waals surface area contributed by atoms with Crippen LogP contribution in [-0.4, -0.2) is 11.1 Å². The molecule has 4 heteroatoms. The Morgan fingerprint density at radius 2 is 2.31 bits per heavy atom. The summed E-state index contributed by atoms with van der Waals surface area (Å²) in [5.41, 5.74) is -0.874. The third-order valence-electron chi connectivity index (χ3n) is 3.63. The number of rotatable bonds is 2. The predicted octanol–water partition coefficient (Wildman–Crippen LogP) is 3.23. The Morgan fingerprint density at radius 3 is 2.75 bits per heavy atom. The third kappa shape index (κ3) is 1.34. The van der Waals surface area contributed by atoms with Crippen molar-refractivity contribution in [2.24, 2.45) is 5.92 Å². The van der Waals surface area contributed by atoms with Crippen LogP contribution in [0, 0.1) is 11.7 Å². The zero-order valence-corrected chi connectivity index (χ0v) is 9.59. The maximum atomic E-state index is 13.9. The van der Waals surface area contributed by atoms with Crippen molar-refractivity contribution in [3.8, 4) is 0 Å². The van der Waals surface area contributed by atoms with Crippen molar-refractivity contribution in [1.29, 1.82) is 0 Å². The first-order chi connectivity index (χ1) is 7.50. The molecule has 1 aromatic rings. The van der Waals surface area contributed by atoms with Gasteiger partial charge in [-0.1, -0.05) is 30.7 Å². The number of halogens is 2. The van der Waals surface area contributed by atoms with Crippen molar-refractivity contribution in [3.63, 3.8) is 0 Å². The Hall–Kier alpha value is -1.09. The number of hydrogen-bond donors (Lipinski definition) is 1. The van der Waals surface area contributed by atoms with E-state index in [2.05, 4.69) is 0 Å². The molecule has 0 aromatic heterocycles. The van der Waals surface area contributed by atoms with E-state index in [9.17, 15) is 14.3 Å². The van der Waals surface area contributed by atoms with Crippen molar-refractivity contribution >= 4 is 17.6 Å². The van der Waals surface area contributed by atoms with Crippen LogP contribution in [0.25, 0.3) is 0 Å². The molecule has 2 unspecified atom stereocenters. The van der Waals surface area contributed by atoms with Crippen LogP contribution in [0.2, 0.25) is 5.02 Å². The lowest BCUT2D eigenvalue weighted by atomic mass is 9.57. The molecule has 1 aliphatic carbocycles. The molecule has 16 heavy (non-hydrogen) atoms. The number of carboxylic acids is 1. The molecular weight excluding hydrogens is 231 g/mol. The fraction of sp³-hybridized carbons (Fsp3) is 0.417. The highest BCUT2D eigenvalue weighted by Crippen LogP contribution is 2.50. The Morgan fingerprint density at radius 1 is 1.62 bits per heavy atom. The highest BCUT2D eigenvalue weighted by molar-refractivity contribution is 6.30. The Bertz CT molecular complexity index is 447. The fourth-order valence-electron chi connectivity index (χ4n) is 2.40. The van der Waals surface area contributed by atoms with Crippen LogP contribution in [-0.2, 0) is 10.2 Å². The summed E-state index contributed by atoms with van der Waals surface area (Å²) in [5, 5.41) is 9.30. The molecule has 1 saturated carbocycles. The molecule has 0 bridgehead atoms. The Kier molecular flexibility index (Phi) is 2.66. The van der Waals surface area contributed by atoms with Gasteiger partial charge in [0.1, 0.15) is 5.82 Å². The van der Waals surface area contributed by atoms with E-state index in [1.165, 1.54) is 12.1 Å². The van der Waals surface area contributed by atoms with Gasteiger partial charge >= 0.3 is 5.97 Å². The minimum absolute atomic E-state index is 0.0165. The average molecular weight is 243 g/mol. The third-order valence-corrected chi connectivity index (χ3v) is 3.92. The van der Waals surface area contributed by atoms with Crippen molar-refractivity contribution in [2.75, 3.05) is 0 Å². The van der Waals surface area contributed by atoms with Gasteiger partial charge in [0, 0.05) is 5.56 Å². The molecule has 1 aromatic carbocycles. The van der Waals surface area contributed by atoms with Crippen molar-refractivity contribution in [2.45, 2.75) is 25.2 Å². The summed E-state index contributed by atoms with van der Waals surface area (Å²) in [5.74, 6) is -1.62. The maximum Gasteiger partial charge on any atom is 0.314 e. The minimum Gasteiger partial charge on any atom is -0.481 e. The predicted molar refractivity (Wildman–Crippen MR) is 59.1 cm³/mol. The normalized spacial score (nSPS) is 28.6. The van der Waals surface area contributed by atoms with Crippen molar-refractivity contribution < 1.29 is 14.3 Å². The molecule has 0 spiro atoms. The molecule has 0 heterocycles. The molecule has 0 amide bonds. The summed E-state index contributed by atoms with van der Waals surface area (Å²) in [6, 6.07) is 4.54. The maximum absolute atomic E-state index is 13.9. The summed E-state index contributed by atoms with van der Waals surface area (Å²) < 4.78 is 13.9. The molecule has 0 radical (unpaired) electrons. The van der Waals surface area contributed by atoms with Crippen LogP contribution >= 0.6 is 11.6 Å². The zero-order valence-electron chi connectivity index (χ0n) is 8.84. The fourth-order valence-corrected chi connectivity index (χ4v) is 2.58. The largest absolute Gasteiger partial charge is 0.481 e. The van der Waals surface area contributed by atoms with Gasteiger partial charge in [0.25, 0.3) is 0 Å². The van der Waals surface area contributed by atoms with Gasteiger partial charge in [0.15, 0.2) is 0 Å². The van der Waals surface area contributed by atoms with Gasteiger partial charge < -0.3 is 5.11 Å². The van der Waals surface area contributed by atoms with Gasteiger partial charge in [-0.2, -0.15) is 0 Å². The van der Waals surface area contributed by atoms with Gasteiger partial charge in [0.2, 0.25) is 0 Å². The summed E-state index contributed by atoms with van der Waals surface area (Å²) in [6.45, 7) is 1.83. The van der Waals surface area contributed by atoms with E-state index in [4.69, 9.17) is 11.6 Å². The second-order valence-corrected chi connectivity index (χ2v) is 4.72. The summed E-state index contributed by atoms with van der Waals surface area (Å²) >= 11 is 5.69. The Labute approximate surface area is 98.0 Å². The smallest absolute Gasteiger partial charge is 0.314 e. The number of aliphatic carboxylic acids is 1. The molecule has 86 valence electrons. The van der Waals surface area contributed by atoms with E-state index in [0.717, 1.165) is 6.42 Å². The van der Waals surface area contributed by atoms with Gasteiger partial charge in [0.05, 0.1) is 10.4 Å². The van der Waals surface area contributed by atoms with E-state index in [1.807, 2.05) is 6.92 Å². The second-order valence-electron chi connectivity index (χ2n) is 4.32. The standard InChI is InChI=1S/C12H12ClFO2/c1-7-5-6-12(7,11(15)16)8-3-2-4-9(13)10(8)14/h2-4,7H,5-6H2,1H3,(H,15,16). The molecule has 1 fully saturated rings. The summed E-state index contributed by atoms with van der Waals surface area (Å²) in [7, 11) is 0. The topological polar surface area (TPSA) is 37.3 Å². The molecule has 1 N–H and O–H groups in total. The zero-order chi connectivity index (χ0) is 11.9. The number of benzene rings is 1. The van der Waals surface area contributed by atoms with Gasteiger partial charge in [-0.25, -0.2) is 4.39 Å². The lowest BCUT2D eigenvalue weighted by molar-refractivity contribution is -0.151. The summed E-state index contributed by atoms with van der Waals surface area (Å²) in [4.78, 5) is 11.4. The van der Waals surface area contributed by atoms with E-state index < -0.39 is 17.2 Å². The quantitative estimate of drug-likeness (QED) is 0.865. The highest BCUT2D eigenvalue weighted by atomic mass is 35.5. The van der Waals surface area contributed by atoms with Crippen LogP contribution in [0.3, 0.4) is 0 Å². The Balaban J connectivity index is 2.57. The van der Waals surface area contributed by atoms with Gasteiger partial charge in [-0.05, 0) is 24.8 Å². The average Bonchev–Trinajstić information content (AvgIpc) is 2.22. The number of carbonyl (C=O) groups is 1. The monoisotopic (exact) mass is 242 g/mol. The van der Waals surface area contributed by atoms with E-state index in [-0.39, 0.29) is 16.5 Å². The van der Waals surface area contributed by atoms with Crippen LogP contribution in [0.1, 0.15) is 25.3 Å². The number of carboxylic acid groups (broad SMARTS) is 1. The van der Waals surface area contributed by atoms with Crippen LogP contribution in [0.4, 0.5) is 4.39 Å². The van der Waals surface area contributed by atoms with Gasteiger partial charge in [-0.3, -0.25) is 4.79 Å². The molecule has 2 nitrogen and oxygen atoms in total. The van der Waals surface area contributed by atoms with E-state index in [0.29, 0.717) is 6.42 Å². The summed E-state index contributed by atoms with van der Waals surface area (Å²) in [6.07, 6.45) is 1.28. The lowest BCUT2D eigenvalue weighted by Crippen LogP contribution is -2.50. The molecular formula is C12H12ClFO2.